The van der Waals surface area contributed by atoms with E-state index in [0.29, 0.717) is 5.46 Å². The van der Waals surface area contributed by atoms with Crippen LogP contribution in [0, 0.1) is 0 Å². The van der Waals surface area contributed by atoms with Gasteiger partial charge in [-0.3, -0.25) is 0 Å². The Labute approximate surface area is 187 Å². The van der Waals surface area contributed by atoms with Gasteiger partial charge in [-0.15, -0.1) is 0 Å². The summed E-state index contributed by atoms with van der Waals surface area (Å²) in [5.41, 5.74) is 7.02. The zero-order chi connectivity index (χ0) is 22.0. The van der Waals surface area contributed by atoms with Crippen molar-refractivity contribution in [2.45, 2.75) is 19.3 Å². The largest absolute Gasteiger partial charge is 0.488 e. The predicted molar refractivity (Wildman–Crippen MR) is 134 cm³/mol. The summed E-state index contributed by atoms with van der Waals surface area (Å²) in [6, 6.07) is 31.8. The van der Waals surface area contributed by atoms with Crippen LogP contribution >= 0.6 is 0 Å². The molecule has 6 rings (SSSR count). The molecule has 32 heavy (non-hydrogen) atoms. The van der Waals surface area contributed by atoms with Crippen molar-refractivity contribution in [2.75, 3.05) is 0 Å². The second kappa shape index (κ2) is 6.80. The summed E-state index contributed by atoms with van der Waals surface area (Å²) in [6.45, 7) is 4.34. The number of benzene rings is 5. The zero-order valence-corrected chi connectivity index (χ0v) is 18.1. The van der Waals surface area contributed by atoms with Gasteiger partial charge in [0.15, 0.2) is 0 Å². The third-order valence-corrected chi connectivity index (χ3v) is 7.07. The standard InChI is InChI=1S/C29H23BO2/c1-29(2)25-10-6-5-9-23(25)27-22(15-16-26(28(27)29)30(31)32)20-14-13-19-12-11-18-7-3-4-8-21(18)24(19)17-20/h3-17,31-32H,1-2H3. The highest BCUT2D eigenvalue weighted by Gasteiger charge is 2.40. The topological polar surface area (TPSA) is 40.5 Å². The molecule has 0 saturated carbocycles. The molecule has 154 valence electrons. The minimum atomic E-state index is -1.51. The van der Waals surface area contributed by atoms with E-state index in [9.17, 15) is 10.0 Å². The van der Waals surface area contributed by atoms with Crippen LogP contribution in [0.1, 0.15) is 25.0 Å². The first-order valence-electron chi connectivity index (χ1n) is 11.0. The highest BCUT2D eigenvalue weighted by atomic mass is 16.4. The average molecular weight is 414 g/mol. The number of rotatable bonds is 2. The van der Waals surface area contributed by atoms with E-state index in [1.54, 1.807) is 0 Å². The lowest BCUT2D eigenvalue weighted by Gasteiger charge is -2.25. The molecule has 2 N–H and O–H groups in total. The SMILES string of the molecule is CC1(C)c2ccccc2-c2c(-c3ccc4ccc5ccccc5c4c3)ccc(B(O)O)c21. The molecule has 0 atom stereocenters. The molecular weight excluding hydrogens is 391 g/mol. The third-order valence-electron chi connectivity index (χ3n) is 7.07. The fourth-order valence-electron chi connectivity index (χ4n) is 5.58. The van der Waals surface area contributed by atoms with Gasteiger partial charge in [-0.25, -0.2) is 0 Å². The van der Waals surface area contributed by atoms with E-state index in [0.717, 1.165) is 22.3 Å². The molecule has 0 saturated heterocycles. The third kappa shape index (κ3) is 2.62. The van der Waals surface area contributed by atoms with Gasteiger partial charge in [0.25, 0.3) is 0 Å². The Bertz CT molecular complexity index is 1530. The van der Waals surface area contributed by atoms with Crippen LogP contribution in [0.15, 0.2) is 91.0 Å². The van der Waals surface area contributed by atoms with Crippen molar-refractivity contribution in [3.05, 3.63) is 102 Å². The van der Waals surface area contributed by atoms with E-state index in [1.165, 1.54) is 32.7 Å². The smallest absolute Gasteiger partial charge is 0.423 e. The summed E-state index contributed by atoms with van der Waals surface area (Å²) < 4.78 is 0. The van der Waals surface area contributed by atoms with E-state index in [2.05, 4.69) is 92.7 Å². The van der Waals surface area contributed by atoms with Crippen molar-refractivity contribution >= 4 is 34.1 Å². The van der Waals surface area contributed by atoms with E-state index in [1.807, 2.05) is 12.1 Å². The molecule has 5 aromatic rings. The van der Waals surface area contributed by atoms with Crippen LogP contribution in [0.5, 0.6) is 0 Å². The quantitative estimate of drug-likeness (QED) is 0.290. The fourth-order valence-corrected chi connectivity index (χ4v) is 5.58. The minimum absolute atomic E-state index is 0.315. The van der Waals surface area contributed by atoms with Gasteiger partial charge >= 0.3 is 7.12 Å². The number of hydrogen-bond donors (Lipinski definition) is 2. The molecule has 0 aliphatic heterocycles. The number of hydrogen-bond acceptors (Lipinski definition) is 2. The highest BCUT2D eigenvalue weighted by Crippen LogP contribution is 2.51. The lowest BCUT2D eigenvalue weighted by Crippen LogP contribution is -2.37. The predicted octanol–water partition coefficient (Wildman–Crippen LogP) is 5.65. The Balaban J connectivity index is 1.69. The van der Waals surface area contributed by atoms with Crippen LogP contribution in [0.3, 0.4) is 0 Å². The molecule has 0 unspecified atom stereocenters. The molecule has 1 aliphatic carbocycles. The summed E-state index contributed by atoms with van der Waals surface area (Å²) in [5.74, 6) is 0. The fraction of sp³-hybridized carbons (Fsp3) is 0.103. The van der Waals surface area contributed by atoms with E-state index in [-0.39, 0.29) is 5.41 Å². The summed E-state index contributed by atoms with van der Waals surface area (Å²) >= 11 is 0. The summed E-state index contributed by atoms with van der Waals surface area (Å²) in [4.78, 5) is 0. The Kier molecular flexibility index (Phi) is 4.10. The van der Waals surface area contributed by atoms with E-state index < -0.39 is 7.12 Å². The Morgan fingerprint density at radius 2 is 1.34 bits per heavy atom. The molecule has 5 aromatic carbocycles. The van der Waals surface area contributed by atoms with Crippen LogP contribution < -0.4 is 5.46 Å². The first-order chi connectivity index (χ1) is 15.5. The van der Waals surface area contributed by atoms with E-state index >= 15 is 0 Å². The van der Waals surface area contributed by atoms with Crippen LogP contribution in [-0.4, -0.2) is 17.2 Å². The van der Waals surface area contributed by atoms with Crippen LogP contribution in [-0.2, 0) is 5.41 Å². The molecular formula is C29H23BO2. The Morgan fingerprint density at radius 3 is 2.16 bits per heavy atom. The molecule has 0 spiro atoms. The van der Waals surface area contributed by atoms with Gasteiger partial charge < -0.3 is 10.0 Å². The molecule has 0 aromatic heterocycles. The van der Waals surface area contributed by atoms with Crippen LogP contribution in [0.2, 0.25) is 0 Å². The average Bonchev–Trinajstić information content (AvgIpc) is 3.06. The van der Waals surface area contributed by atoms with Crippen molar-refractivity contribution in [1.29, 1.82) is 0 Å². The van der Waals surface area contributed by atoms with Gasteiger partial charge in [-0.2, -0.15) is 0 Å². The lowest BCUT2D eigenvalue weighted by atomic mass is 9.68. The highest BCUT2D eigenvalue weighted by molar-refractivity contribution is 6.59. The van der Waals surface area contributed by atoms with Gasteiger partial charge in [0.2, 0.25) is 0 Å². The summed E-state index contributed by atoms with van der Waals surface area (Å²) in [6.07, 6.45) is 0. The zero-order valence-electron chi connectivity index (χ0n) is 18.1. The second-order valence-electron chi connectivity index (χ2n) is 9.22. The molecule has 3 heteroatoms. The number of fused-ring (bicyclic) bond motifs is 6. The minimum Gasteiger partial charge on any atom is -0.423 e. The molecule has 0 amide bonds. The summed E-state index contributed by atoms with van der Waals surface area (Å²) in [5, 5.41) is 25.3. The van der Waals surface area contributed by atoms with Crippen molar-refractivity contribution in [3.63, 3.8) is 0 Å². The normalized spacial score (nSPS) is 13.9. The maximum absolute atomic E-state index is 10.2. The molecule has 0 bridgehead atoms. The molecule has 2 nitrogen and oxygen atoms in total. The van der Waals surface area contributed by atoms with Crippen molar-refractivity contribution in [3.8, 4) is 22.3 Å². The van der Waals surface area contributed by atoms with E-state index in [4.69, 9.17) is 0 Å². The van der Waals surface area contributed by atoms with Crippen molar-refractivity contribution in [2.24, 2.45) is 0 Å². The van der Waals surface area contributed by atoms with Gasteiger partial charge in [0.1, 0.15) is 0 Å². The Morgan fingerprint density at radius 1 is 0.656 bits per heavy atom. The van der Waals surface area contributed by atoms with Crippen molar-refractivity contribution in [1.82, 2.24) is 0 Å². The maximum Gasteiger partial charge on any atom is 0.488 e. The van der Waals surface area contributed by atoms with Crippen LogP contribution in [0.25, 0.3) is 43.8 Å². The second-order valence-corrected chi connectivity index (χ2v) is 9.22. The van der Waals surface area contributed by atoms with Crippen LogP contribution in [0.4, 0.5) is 0 Å². The van der Waals surface area contributed by atoms with Gasteiger partial charge in [0.05, 0.1) is 0 Å². The van der Waals surface area contributed by atoms with Gasteiger partial charge in [-0.1, -0.05) is 98.8 Å². The molecule has 1 aliphatic rings. The van der Waals surface area contributed by atoms with Gasteiger partial charge in [0, 0.05) is 5.41 Å². The monoisotopic (exact) mass is 414 g/mol. The van der Waals surface area contributed by atoms with Crippen molar-refractivity contribution < 1.29 is 10.0 Å². The molecule has 0 fully saturated rings. The lowest BCUT2D eigenvalue weighted by molar-refractivity contribution is 0.424. The first-order valence-corrected chi connectivity index (χ1v) is 11.0. The first kappa shape index (κ1) is 19.3. The summed E-state index contributed by atoms with van der Waals surface area (Å²) in [7, 11) is -1.51. The van der Waals surface area contributed by atoms with Gasteiger partial charge in [-0.05, 0) is 66.5 Å². The molecule has 0 heterocycles. The molecule has 0 radical (unpaired) electrons. The maximum atomic E-state index is 10.2. The Hall–Kier alpha value is -3.40.